The summed E-state index contributed by atoms with van der Waals surface area (Å²) in [5.41, 5.74) is 2.80. The van der Waals surface area contributed by atoms with Crippen LogP contribution in [0.3, 0.4) is 0 Å². The summed E-state index contributed by atoms with van der Waals surface area (Å²) in [6.45, 7) is 4.00. The highest BCUT2D eigenvalue weighted by molar-refractivity contribution is 5.41. The second-order valence-electron chi connectivity index (χ2n) is 4.92. The third-order valence-corrected chi connectivity index (χ3v) is 3.70. The summed E-state index contributed by atoms with van der Waals surface area (Å²) in [7, 11) is 0. The van der Waals surface area contributed by atoms with Gasteiger partial charge in [-0.25, -0.2) is 0 Å². The number of rotatable bonds is 3. The Morgan fingerprint density at radius 3 is 3.18 bits per heavy atom. The van der Waals surface area contributed by atoms with Gasteiger partial charge in [-0.15, -0.1) is 0 Å². The second kappa shape index (κ2) is 5.07. The summed E-state index contributed by atoms with van der Waals surface area (Å²) in [6.07, 6.45) is 3.62. The Balaban J connectivity index is 1.69. The molecule has 0 spiro atoms. The number of nitrogens with one attached hydrogen (secondary N) is 2. The molecule has 3 heteroatoms. The first-order chi connectivity index (χ1) is 8.43. The van der Waals surface area contributed by atoms with Crippen LogP contribution in [0.1, 0.15) is 24.0 Å². The van der Waals surface area contributed by atoms with E-state index in [1.165, 1.54) is 24.0 Å². The molecule has 1 atom stereocenters. The molecule has 1 unspecified atom stereocenters. The molecule has 0 radical (unpaired) electrons. The molecular weight excluding hydrogens is 212 g/mol. The number of hydrogen-bond acceptors (Lipinski definition) is 3. The first kappa shape index (κ1) is 11.1. The van der Waals surface area contributed by atoms with Crippen LogP contribution < -0.4 is 15.4 Å². The third-order valence-electron chi connectivity index (χ3n) is 3.70. The minimum absolute atomic E-state index is 0.549. The van der Waals surface area contributed by atoms with Gasteiger partial charge in [0.25, 0.3) is 0 Å². The highest BCUT2D eigenvalue weighted by Gasteiger charge is 2.17. The molecule has 2 heterocycles. The normalized spacial score (nSPS) is 23.4. The largest absolute Gasteiger partial charge is 0.492 e. The van der Waals surface area contributed by atoms with Gasteiger partial charge in [0.2, 0.25) is 0 Å². The maximum atomic E-state index is 6.00. The number of fused-ring (bicyclic) bond motifs is 1. The van der Waals surface area contributed by atoms with Crippen LogP contribution in [-0.2, 0) is 13.0 Å². The van der Waals surface area contributed by atoms with E-state index in [0.717, 1.165) is 38.4 Å². The van der Waals surface area contributed by atoms with E-state index in [1.54, 1.807) is 0 Å². The van der Waals surface area contributed by atoms with Crippen LogP contribution in [0.5, 0.6) is 5.75 Å². The van der Waals surface area contributed by atoms with E-state index in [9.17, 15) is 0 Å². The molecule has 0 aliphatic carbocycles. The smallest absolute Gasteiger partial charge is 0.122 e. The van der Waals surface area contributed by atoms with E-state index < -0.39 is 0 Å². The zero-order valence-electron chi connectivity index (χ0n) is 10.2. The quantitative estimate of drug-likeness (QED) is 0.828. The number of benzene rings is 1. The molecule has 3 nitrogen and oxygen atoms in total. The Kier molecular flexibility index (Phi) is 3.29. The van der Waals surface area contributed by atoms with Crippen molar-refractivity contribution in [3.8, 4) is 5.75 Å². The summed E-state index contributed by atoms with van der Waals surface area (Å²) in [5, 5.41) is 6.87. The fourth-order valence-corrected chi connectivity index (χ4v) is 2.72. The van der Waals surface area contributed by atoms with Gasteiger partial charge in [-0.2, -0.15) is 0 Å². The van der Waals surface area contributed by atoms with Crippen molar-refractivity contribution in [2.24, 2.45) is 0 Å². The fraction of sp³-hybridized carbons (Fsp3) is 0.571. The van der Waals surface area contributed by atoms with E-state index in [-0.39, 0.29) is 0 Å². The average Bonchev–Trinajstić information content (AvgIpc) is 2.89. The Hall–Kier alpha value is -1.06. The van der Waals surface area contributed by atoms with Crippen LogP contribution in [-0.4, -0.2) is 25.7 Å². The first-order valence-corrected chi connectivity index (χ1v) is 6.61. The zero-order chi connectivity index (χ0) is 11.5. The molecule has 1 aromatic carbocycles. The molecule has 0 saturated carbocycles. The summed E-state index contributed by atoms with van der Waals surface area (Å²) in [5.74, 6) is 1.10. The molecule has 1 saturated heterocycles. The Morgan fingerprint density at radius 1 is 1.29 bits per heavy atom. The van der Waals surface area contributed by atoms with Crippen LogP contribution in [0.25, 0.3) is 0 Å². The van der Waals surface area contributed by atoms with Crippen molar-refractivity contribution in [2.75, 3.05) is 19.7 Å². The number of ether oxygens (including phenoxy) is 1. The van der Waals surface area contributed by atoms with Crippen molar-refractivity contribution in [3.63, 3.8) is 0 Å². The molecule has 17 heavy (non-hydrogen) atoms. The Labute approximate surface area is 103 Å². The van der Waals surface area contributed by atoms with Crippen LogP contribution in [0, 0.1) is 0 Å². The van der Waals surface area contributed by atoms with Crippen LogP contribution in [0.2, 0.25) is 0 Å². The summed E-state index contributed by atoms with van der Waals surface area (Å²) in [6, 6.07) is 6.96. The van der Waals surface area contributed by atoms with Gasteiger partial charge < -0.3 is 15.4 Å². The molecule has 2 aliphatic rings. The number of hydrogen-bond donors (Lipinski definition) is 2. The van der Waals surface area contributed by atoms with E-state index >= 15 is 0 Å². The predicted molar refractivity (Wildman–Crippen MR) is 68.4 cm³/mol. The molecule has 0 bridgehead atoms. The van der Waals surface area contributed by atoms with Gasteiger partial charge in [0, 0.05) is 12.6 Å². The molecule has 3 rings (SSSR count). The van der Waals surface area contributed by atoms with E-state index in [0.29, 0.717) is 6.04 Å². The van der Waals surface area contributed by atoms with Crippen molar-refractivity contribution in [2.45, 2.75) is 31.8 Å². The van der Waals surface area contributed by atoms with Crippen molar-refractivity contribution >= 4 is 0 Å². The molecule has 2 aliphatic heterocycles. The predicted octanol–water partition coefficient (Wildman–Crippen LogP) is 1.46. The van der Waals surface area contributed by atoms with Gasteiger partial charge in [-0.3, -0.25) is 0 Å². The first-order valence-electron chi connectivity index (χ1n) is 6.61. The Morgan fingerprint density at radius 2 is 2.29 bits per heavy atom. The maximum Gasteiger partial charge on any atom is 0.122 e. The third kappa shape index (κ3) is 2.45. The van der Waals surface area contributed by atoms with Gasteiger partial charge in [-0.1, -0.05) is 12.1 Å². The minimum Gasteiger partial charge on any atom is -0.492 e. The van der Waals surface area contributed by atoms with Crippen molar-refractivity contribution < 1.29 is 4.74 Å². The molecule has 0 aromatic heterocycles. The lowest BCUT2D eigenvalue weighted by Gasteiger charge is -2.21. The molecule has 2 N–H and O–H groups in total. The lowest BCUT2D eigenvalue weighted by molar-refractivity contribution is 0.273. The van der Waals surface area contributed by atoms with Gasteiger partial charge in [-0.05, 0) is 49.5 Å². The summed E-state index contributed by atoms with van der Waals surface area (Å²) in [4.78, 5) is 0. The maximum absolute atomic E-state index is 6.00. The second-order valence-corrected chi connectivity index (χ2v) is 4.92. The molecule has 1 aromatic rings. The average molecular weight is 232 g/mol. The van der Waals surface area contributed by atoms with Crippen molar-refractivity contribution in [1.29, 1.82) is 0 Å². The molecular formula is C14H20N2O. The highest BCUT2D eigenvalue weighted by Crippen LogP contribution is 2.25. The van der Waals surface area contributed by atoms with Gasteiger partial charge in [0.05, 0.1) is 0 Å². The molecule has 0 amide bonds. The topological polar surface area (TPSA) is 33.3 Å². The van der Waals surface area contributed by atoms with E-state index in [2.05, 4.69) is 28.8 Å². The summed E-state index contributed by atoms with van der Waals surface area (Å²) < 4.78 is 6.00. The standard InChI is InChI=1S/C14H20N2O/c1-3-11-9-15-8-6-13(11)14(5-1)17-10-12-4-2-7-16-12/h1,3,5,12,15-16H,2,4,6-10H2. The van der Waals surface area contributed by atoms with Crippen molar-refractivity contribution in [3.05, 3.63) is 29.3 Å². The van der Waals surface area contributed by atoms with Crippen LogP contribution in [0.15, 0.2) is 18.2 Å². The van der Waals surface area contributed by atoms with E-state index in [4.69, 9.17) is 4.74 Å². The zero-order valence-corrected chi connectivity index (χ0v) is 10.2. The van der Waals surface area contributed by atoms with Gasteiger partial charge in [0.15, 0.2) is 0 Å². The molecule has 1 fully saturated rings. The van der Waals surface area contributed by atoms with Crippen LogP contribution >= 0.6 is 0 Å². The fourth-order valence-electron chi connectivity index (χ4n) is 2.72. The monoisotopic (exact) mass is 232 g/mol. The van der Waals surface area contributed by atoms with E-state index in [1.807, 2.05) is 0 Å². The van der Waals surface area contributed by atoms with Crippen molar-refractivity contribution in [1.82, 2.24) is 10.6 Å². The van der Waals surface area contributed by atoms with Gasteiger partial charge in [0.1, 0.15) is 12.4 Å². The Bertz CT molecular complexity index is 386. The minimum atomic E-state index is 0.549. The lowest BCUT2D eigenvalue weighted by Crippen LogP contribution is -2.29. The SMILES string of the molecule is c1cc2c(c(OCC3CCCN3)c1)CCNC2. The summed E-state index contributed by atoms with van der Waals surface area (Å²) >= 11 is 0. The van der Waals surface area contributed by atoms with Crippen LogP contribution in [0.4, 0.5) is 0 Å². The lowest BCUT2D eigenvalue weighted by atomic mass is 10.0. The highest BCUT2D eigenvalue weighted by atomic mass is 16.5. The molecule has 92 valence electrons. The van der Waals surface area contributed by atoms with Gasteiger partial charge >= 0.3 is 0 Å².